The molecular formula is C28H35F3N4O4. The van der Waals surface area contributed by atoms with Gasteiger partial charge in [-0.3, -0.25) is 5.41 Å². The van der Waals surface area contributed by atoms with Crippen molar-refractivity contribution in [2.45, 2.75) is 65.0 Å². The van der Waals surface area contributed by atoms with Crippen LogP contribution in [0.25, 0.3) is 11.4 Å². The number of fused-ring (bicyclic) bond motifs is 1. The van der Waals surface area contributed by atoms with Gasteiger partial charge >= 0.3 is 6.18 Å². The topological polar surface area (TPSA) is 116 Å². The zero-order chi connectivity index (χ0) is 28.4. The van der Waals surface area contributed by atoms with Crippen LogP contribution in [0.3, 0.4) is 0 Å². The van der Waals surface area contributed by atoms with Crippen LogP contribution in [-0.4, -0.2) is 35.8 Å². The highest BCUT2D eigenvalue weighted by Gasteiger charge is 2.35. The third-order valence-electron chi connectivity index (χ3n) is 5.87. The first kappa shape index (κ1) is 29.8. The third-order valence-corrected chi connectivity index (χ3v) is 5.87. The predicted molar refractivity (Wildman–Crippen MR) is 142 cm³/mol. The lowest BCUT2D eigenvalue weighted by molar-refractivity contribution is -0.138. The van der Waals surface area contributed by atoms with Crippen LogP contribution in [0.2, 0.25) is 0 Å². The fourth-order valence-corrected chi connectivity index (χ4v) is 3.90. The number of aromatic nitrogens is 2. The van der Waals surface area contributed by atoms with Gasteiger partial charge in [-0.2, -0.15) is 18.2 Å². The molecule has 1 aromatic heterocycles. The van der Waals surface area contributed by atoms with E-state index in [1.165, 1.54) is 19.1 Å². The summed E-state index contributed by atoms with van der Waals surface area (Å²) in [6, 6.07) is 9.52. The number of amidine groups is 1. The summed E-state index contributed by atoms with van der Waals surface area (Å²) >= 11 is 0. The lowest BCUT2D eigenvalue weighted by Crippen LogP contribution is -2.15. The minimum absolute atomic E-state index is 0.0510. The number of hydrogen-bond acceptors (Lipinski definition) is 7. The molecule has 11 heteroatoms. The van der Waals surface area contributed by atoms with E-state index in [1.54, 1.807) is 0 Å². The second-order valence-corrected chi connectivity index (χ2v) is 9.32. The Hall–Kier alpha value is -3.76. The highest BCUT2D eigenvalue weighted by atomic mass is 19.4. The standard InChI is InChI=1S/C26H29F3N2O4.C2H6N2/c1-3-4-6-17(2)25-30-24(31-35-25)19-9-11-21(20(16-19)26(27,28)29)32-12-5-7-18-8-10-22-23(15-18)34-14-13-33-22;1-2(3)4/h8-11,15-17H,3-7,12-14H2,1-2H3;1H3,(H3,3,4)/t17-;/m0./s1. The Labute approximate surface area is 226 Å². The smallest absolute Gasteiger partial charge is 0.419 e. The van der Waals surface area contributed by atoms with Gasteiger partial charge in [0.1, 0.15) is 19.0 Å². The summed E-state index contributed by atoms with van der Waals surface area (Å²) < 4.78 is 63.3. The molecule has 0 radical (unpaired) electrons. The molecule has 39 heavy (non-hydrogen) atoms. The Balaban J connectivity index is 0.000000983. The molecule has 0 spiro atoms. The molecule has 1 aliphatic rings. The first-order valence-corrected chi connectivity index (χ1v) is 13.0. The summed E-state index contributed by atoms with van der Waals surface area (Å²) in [6.45, 7) is 6.74. The lowest BCUT2D eigenvalue weighted by atomic mass is 10.0. The maximum atomic E-state index is 13.8. The summed E-state index contributed by atoms with van der Waals surface area (Å²) in [5.41, 5.74) is 5.07. The summed E-state index contributed by atoms with van der Waals surface area (Å²) in [7, 11) is 0. The molecule has 0 saturated heterocycles. The van der Waals surface area contributed by atoms with E-state index in [1.807, 2.05) is 25.1 Å². The van der Waals surface area contributed by atoms with Crippen LogP contribution in [0.4, 0.5) is 13.2 Å². The van der Waals surface area contributed by atoms with Gasteiger partial charge < -0.3 is 24.5 Å². The minimum atomic E-state index is -4.58. The van der Waals surface area contributed by atoms with E-state index < -0.39 is 11.7 Å². The lowest BCUT2D eigenvalue weighted by Gasteiger charge is -2.19. The average Bonchev–Trinajstić information content (AvgIpc) is 3.39. The van der Waals surface area contributed by atoms with Crippen LogP contribution in [-0.2, 0) is 12.6 Å². The minimum Gasteiger partial charge on any atom is -0.493 e. The molecule has 2 heterocycles. The summed E-state index contributed by atoms with van der Waals surface area (Å²) in [4.78, 5) is 4.32. The molecule has 4 rings (SSSR count). The molecule has 0 amide bonds. The number of halogens is 3. The van der Waals surface area contributed by atoms with Gasteiger partial charge in [0.25, 0.3) is 0 Å². The number of rotatable bonds is 10. The number of ether oxygens (including phenoxy) is 3. The highest BCUT2D eigenvalue weighted by Crippen LogP contribution is 2.39. The van der Waals surface area contributed by atoms with Crippen molar-refractivity contribution in [3.63, 3.8) is 0 Å². The van der Waals surface area contributed by atoms with Gasteiger partial charge in [-0.15, -0.1) is 0 Å². The van der Waals surface area contributed by atoms with Crippen molar-refractivity contribution in [2.75, 3.05) is 19.8 Å². The van der Waals surface area contributed by atoms with Crippen molar-refractivity contribution in [3.05, 3.63) is 53.4 Å². The van der Waals surface area contributed by atoms with E-state index >= 15 is 0 Å². The molecule has 8 nitrogen and oxygen atoms in total. The van der Waals surface area contributed by atoms with Gasteiger partial charge in [0, 0.05) is 11.5 Å². The van der Waals surface area contributed by atoms with E-state index in [2.05, 4.69) is 17.1 Å². The molecule has 0 saturated carbocycles. The van der Waals surface area contributed by atoms with Crippen molar-refractivity contribution in [2.24, 2.45) is 5.73 Å². The van der Waals surface area contributed by atoms with Crippen LogP contribution in [0.5, 0.6) is 17.2 Å². The molecule has 0 fully saturated rings. The fraction of sp³-hybridized carbons (Fsp3) is 0.464. The molecule has 0 bridgehead atoms. The maximum Gasteiger partial charge on any atom is 0.419 e. The van der Waals surface area contributed by atoms with Crippen LogP contribution in [0.1, 0.15) is 69.4 Å². The van der Waals surface area contributed by atoms with Crippen molar-refractivity contribution in [3.8, 4) is 28.6 Å². The number of nitrogens with zero attached hydrogens (tertiary/aromatic N) is 2. The summed E-state index contributed by atoms with van der Waals surface area (Å²) in [6.07, 6.45) is -0.468. The van der Waals surface area contributed by atoms with E-state index in [0.717, 1.165) is 30.9 Å². The summed E-state index contributed by atoms with van der Waals surface area (Å²) in [5, 5.41) is 10.2. The number of aryl methyl sites for hydroxylation is 1. The average molecular weight is 549 g/mol. The van der Waals surface area contributed by atoms with E-state index in [0.29, 0.717) is 43.4 Å². The largest absolute Gasteiger partial charge is 0.493 e. The Morgan fingerprint density at radius 2 is 1.82 bits per heavy atom. The van der Waals surface area contributed by atoms with Crippen LogP contribution >= 0.6 is 0 Å². The Bertz CT molecular complexity index is 1230. The van der Waals surface area contributed by atoms with E-state index in [4.69, 9.17) is 29.9 Å². The van der Waals surface area contributed by atoms with E-state index in [9.17, 15) is 13.2 Å². The summed E-state index contributed by atoms with van der Waals surface area (Å²) in [5.74, 6) is 1.96. The van der Waals surface area contributed by atoms with Gasteiger partial charge in [0.2, 0.25) is 11.7 Å². The monoisotopic (exact) mass is 548 g/mol. The van der Waals surface area contributed by atoms with Gasteiger partial charge in [-0.1, -0.05) is 37.9 Å². The zero-order valence-corrected chi connectivity index (χ0v) is 22.4. The molecule has 0 unspecified atom stereocenters. The van der Waals surface area contributed by atoms with E-state index in [-0.39, 0.29) is 35.5 Å². The molecule has 3 aromatic rings. The molecule has 0 aliphatic carbocycles. The van der Waals surface area contributed by atoms with Crippen molar-refractivity contribution < 1.29 is 31.9 Å². The molecule has 3 N–H and O–H groups in total. The van der Waals surface area contributed by atoms with Crippen LogP contribution in [0.15, 0.2) is 40.9 Å². The number of nitrogens with two attached hydrogens (primary N) is 1. The van der Waals surface area contributed by atoms with Crippen LogP contribution in [0, 0.1) is 5.41 Å². The van der Waals surface area contributed by atoms with Gasteiger partial charge in [0.05, 0.1) is 18.0 Å². The number of alkyl halides is 3. The Kier molecular flexibility index (Phi) is 10.6. The molecular weight excluding hydrogens is 513 g/mol. The first-order chi connectivity index (χ1) is 18.6. The molecule has 1 atom stereocenters. The Morgan fingerprint density at radius 1 is 1.10 bits per heavy atom. The maximum absolute atomic E-state index is 13.8. The predicted octanol–water partition coefficient (Wildman–Crippen LogP) is 6.77. The number of unbranched alkanes of at least 4 members (excludes halogenated alkanes) is 1. The molecule has 1 aliphatic heterocycles. The highest BCUT2D eigenvalue weighted by molar-refractivity contribution is 5.73. The number of hydrogen-bond donors (Lipinski definition) is 2. The quantitative estimate of drug-likeness (QED) is 0.163. The third kappa shape index (κ3) is 8.90. The molecule has 212 valence electrons. The van der Waals surface area contributed by atoms with Crippen molar-refractivity contribution >= 4 is 5.84 Å². The fourth-order valence-electron chi connectivity index (χ4n) is 3.90. The normalized spacial score (nSPS) is 13.3. The number of nitrogens with one attached hydrogen (secondary N) is 1. The first-order valence-electron chi connectivity index (χ1n) is 13.0. The van der Waals surface area contributed by atoms with Crippen molar-refractivity contribution in [1.82, 2.24) is 10.1 Å². The van der Waals surface area contributed by atoms with Crippen LogP contribution < -0.4 is 19.9 Å². The molecule has 2 aromatic carbocycles. The second kappa shape index (κ2) is 13.9. The number of benzene rings is 2. The Morgan fingerprint density at radius 3 is 2.51 bits per heavy atom. The van der Waals surface area contributed by atoms with Gasteiger partial charge in [-0.05, 0) is 62.1 Å². The second-order valence-electron chi connectivity index (χ2n) is 9.32. The van der Waals surface area contributed by atoms with Gasteiger partial charge in [0.15, 0.2) is 11.5 Å². The zero-order valence-electron chi connectivity index (χ0n) is 22.4. The van der Waals surface area contributed by atoms with Crippen molar-refractivity contribution in [1.29, 1.82) is 5.41 Å². The van der Waals surface area contributed by atoms with Gasteiger partial charge in [-0.25, -0.2) is 0 Å². The SMILES string of the molecule is CC(=N)N.CCCC[C@H](C)c1nc(-c2ccc(OCCCc3ccc4c(c3)OCCO4)c(C(F)(F)F)c2)no1.